The summed E-state index contributed by atoms with van der Waals surface area (Å²) in [5.41, 5.74) is 0.924. The van der Waals surface area contributed by atoms with Crippen molar-refractivity contribution in [3.8, 4) is 5.75 Å². The summed E-state index contributed by atoms with van der Waals surface area (Å²) in [4.78, 5) is 25.0. The fourth-order valence-electron chi connectivity index (χ4n) is 3.39. The lowest BCUT2D eigenvalue weighted by atomic mass is 10.1. The van der Waals surface area contributed by atoms with E-state index in [0.717, 1.165) is 47.8 Å². The minimum atomic E-state index is -0.373. The third-order valence-corrected chi connectivity index (χ3v) is 5.60. The monoisotopic (exact) mass is 385 g/mol. The van der Waals surface area contributed by atoms with Gasteiger partial charge in [-0.1, -0.05) is 0 Å². The number of nitro benzene ring substituents is 1. The molecule has 1 saturated heterocycles. The van der Waals surface area contributed by atoms with Crippen LogP contribution in [0.1, 0.15) is 5.56 Å². The normalized spacial score (nSPS) is 15.2. The summed E-state index contributed by atoms with van der Waals surface area (Å²) in [6, 6.07) is 6.81. The molecule has 0 bridgehead atoms. The summed E-state index contributed by atoms with van der Waals surface area (Å²) in [6.45, 7) is 4.01. The molecule has 0 N–H and O–H groups in total. The minimum absolute atomic E-state index is 0.0882. The molecule has 0 radical (unpaired) electrons. The van der Waals surface area contributed by atoms with Crippen LogP contribution in [-0.4, -0.2) is 53.1 Å². The highest BCUT2D eigenvalue weighted by Gasteiger charge is 2.22. The average molecular weight is 385 g/mol. The topological polar surface area (TPSA) is 84.6 Å². The third-order valence-electron chi connectivity index (χ3n) is 4.78. The van der Waals surface area contributed by atoms with E-state index in [0.29, 0.717) is 12.3 Å². The van der Waals surface area contributed by atoms with E-state index in [2.05, 4.69) is 25.8 Å². The first-order chi connectivity index (χ1) is 13.2. The standard InChI is InChI=1S/C18H19N5O3S/c1-26-16-3-2-14(23(24)25)10-13(16)11-21-5-7-22(8-6-21)17-15-4-9-27-18(15)20-12-19-17/h2-4,9-10,12H,5-8,11H2,1H3. The van der Waals surface area contributed by atoms with Crippen LogP contribution in [0.3, 0.4) is 0 Å². The van der Waals surface area contributed by atoms with Gasteiger partial charge in [-0.05, 0) is 17.5 Å². The molecule has 1 aliphatic heterocycles. The van der Waals surface area contributed by atoms with Crippen LogP contribution in [-0.2, 0) is 6.54 Å². The van der Waals surface area contributed by atoms with Gasteiger partial charge in [0.2, 0.25) is 0 Å². The second-order valence-corrected chi connectivity index (χ2v) is 7.25. The van der Waals surface area contributed by atoms with Crippen LogP contribution in [0, 0.1) is 10.1 Å². The number of benzene rings is 1. The fourth-order valence-corrected chi connectivity index (χ4v) is 4.12. The Balaban J connectivity index is 1.46. The molecule has 0 atom stereocenters. The van der Waals surface area contributed by atoms with Crippen LogP contribution in [0.5, 0.6) is 5.75 Å². The highest BCUT2D eigenvalue weighted by atomic mass is 32.1. The van der Waals surface area contributed by atoms with Gasteiger partial charge in [0, 0.05) is 50.4 Å². The summed E-state index contributed by atoms with van der Waals surface area (Å²) in [5, 5.41) is 14.2. The van der Waals surface area contributed by atoms with Crippen molar-refractivity contribution >= 4 is 33.1 Å². The van der Waals surface area contributed by atoms with Crippen molar-refractivity contribution in [3.05, 3.63) is 51.7 Å². The number of anilines is 1. The first-order valence-electron chi connectivity index (χ1n) is 8.62. The number of hydrogen-bond donors (Lipinski definition) is 0. The van der Waals surface area contributed by atoms with Gasteiger partial charge in [-0.25, -0.2) is 9.97 Å². The van der Waals surface area contributed by atoms with Gasteiger partial charge in [-0.3, -0.25) is 15.0 Å². The number of nitro groups is 1. The highest BCUT2D eigenvalue weighted by Crippen LogP contribution is 2.29. The smallest absolute Gasteiger partial charge is 0.270 e. The molecule has 0 spiro atoms. The maximum absolute atomic E-state index is 11.1. The fraction of sp³-hybridized carbons (Fsp3) is 0.333. The highest BCUT2D eigenvalue weighted by molar-refractivity contribution is 7.16. The molecule has 9 heteroatoms. The third kappa shape index (κ3) is 3.56. The molecular weight excluding hydrogens is 366 g/mol. The molecule has 27 heavy (non-hydrogen) atoms. The van der Waals surface area contributed by atoms with Crippen molar-refractivity contribution in [3.63, 3.8) is 0 Å². The molecule has 1 aliphatic rings. The van der Waals surface area contributed by atoms with Crippen LogP contribution in [0.25, 0.3) is 10.2 Å². The Morgan fingerprint density at radius 1 is 1.22 bits per heavy atom. The van der Waals surface area contributed by atoms with Gasteiger partial charge in [0.25, 0.3) is 5.69 Å². The number of nitrogens with zero attached hydrogens (tertiary/aromatic N) is 5. The molecule has 0 amide bonds. The van der Waals surface area contributed by atoms with Crippen LogP contribution >= 0.6 is 11.3 Å². The predicted molar refractivity (Wildman–Crippen MR) is 105 cm³/mol. The van der Waals surface area contributed by atoms with Crippen molar-refractivity contribution in [2.75, 3.05) is 38.2 Å². The summed E-state index contributed by atoms with van der Waals surface area (Å²) < 4.78 is 5.38. The number of ether oxygens (including phenoxy) is 1. The SMILES string of the molecule is COc1ccc([N+](=O)[O-])cc1CN1CCN(c2ncnc3sccc23)CC1. The molecule has 3 aromatic rings. The molecule has 8 nitrogen and oxygen atoms in total. The Kier molecular flexibility index (Phi) is 4.87. The number of aromatic nitrogens is 2. The van der Waals surface area contributed by atoms with E-state index in [-0.39, 0.29) is 10.6 Å². The number of non-ortho nitro benzene ring substituents is 1. The van der Waals surface area contributed by atoms with Crippen molar-refractivity contribution in [2.24, 2.45) is 0 Å². The Hall–Kier alpha value is -2.78. The molecule has 140 valence electrons. The van der Waals surface area contributed by atoms with Crippen LogP contribution < -0.4 is 9.64 Å². The second-order valence-electron chi connectivity index (χ2n) is 6.35. The van der Waals surface area contributed by atoms with Gasteiger partial charge in [0.15, 0.2) is 0 Å². The molecule has 1 aromatic carbocycles. The van der Waals surface area contributed by atoms with Crippen LogP contribution in [0.2, 0.25) is 0 Å². The number of thiophene rings is 1. The van der Waals surface area contributed by atoms with Crippen molar-refractivity contribution < 1.29 is 9.66 Å². The van der Waals surface area contributed by atoms with Gasteiger partial charge < -0.3 is 9.64 Å². The van der Waals surface area contributed by atoms with Gasteiger partial charge in [0.1, 0.15) is 22.7 Å². The maximum atomic E-state index is 11.1. The quantitative estimate of drug-likeness (QED) is 0.493. The van der Waals surface area contributed by atoms with Crippen molar-refractivity contribution in [1.29, 1.82) is 0 Å². The molecule has 0 unspecified atom stereocenters. The van der Waals surface area contributed by atoms with E-state index in [1.165, 1.54) is 6.07 Å². The lowest BCUT2D eigenvalue weighted by Gasteiger charge is -2.35. The summed E-state index contributed by atoms with van der Waals surface area (Å²) in [7, 11) is 1.59. The Morgan fingerprint density at radius 2 is 2.04 bits per heavy atom. The lowest BCUT2D eigenvalue weighted by molar-refractivity contribution is -0.385. The first kappa shape index (κ1) is 17.6. The van der Waals surface area contributed by atoms with E-state index in [4.69, 9.17) is 4.74 Å². The lowest BCUT2D eigenvalue weighted by Crippen LogP contribution is -2.46. The van der Waals surface area contributed by atoms with Crippen LogP contribution in [0.4, 0.5) is 11.5 Å². The molecule has 4 rings (SSSR count). The van der Waals surface area contributed by atoms with Crippen molar-refractivity contribution in [1.82, 2.24) is 14.9 Å². The summed E-state index contributed by atoms with van der Waals surface area (Å²) >= 11 is 1.62. The van der Waals surface area contributed by atoms with Gasteiger partial charge >= 0.3 is 0 Å². The average Bonchev–Trinajstić information content (AvgIpc) is 3.17. The molecule has 2 aromatic heterocycles. The largest absolute Gasteiger partial charge is 0.496 e. The molecule has 0 aliphatic carbocycles. The van der Waals surface area contributed by atoms with Gasteiger partial charge in [-0.2, -0.15) is 0 Å². The van der Waals surface area contributed by atoms with E-state index in [1.54, 1.807) is 36.9 Å². The van der Waals surface area contributed by atoms with E-state index in [9.17, 15) is 10.1 Å². The molecular formula is C18H19N5O3S. The van der Waals surface area contributed by atoms with E-state index >= 15 is 0 Å². The zero-order chi connectivity index (χ0) is 18.8. The first-order valence-corrected chi connectivity index (χ1v) is 9.50. The predicted octanol–water partition coefficient (Wildman–Crippen LogP) is 2.93. The number of rotatable bonds is 5. The van der Waals surface area contributed by atoms with E-state index in [1.807, 2.05) is 5.38 Å². The van der Waals surface area contributed by atoms with E-state index < -0.39 is 0 Å². The van der Waals surface area contributed by atoms with Crippen LogP contribution in [0.15, 0.2) is 36.0 Å². The number of piperazine rings is 1. The zero-order valence-corrected chi connectivity index (χ0v) is 15.7. The van der Waals surface area contributed by atoms with Gasteiger partial charge in [0.05, 0.1) is 17.4 Å². The number of hydrogen-bond acceptors (Lipinski definition) is 8. The van der Waals surface area contributed by atoms with Gasteiger partial charge in [-0.15, -0.1) is 11.3 Å². The Bertz CT molecular complexity index is 969. The summed E-state index contributed by atoms with van der Waals surface area (Å²) in [5.74, 6) is 1.66. The Labute approximate surface area is 160 Å². The van der Waals surface area contributed by atoms with Crippen molar-refractivity contribution in [2.45, 2.75) is 6.54 Å². The molecule has 3 heterocycles. The Morgan fingerprint density at radius 3 is 2.78 bits per heavy atom. The summed E-state index contributed by atoms with van der Waals surface area (Å²) in [6.07, 6.45) is 1.62. The maximum Gasteiger partial charge on any atom is 0.270 e. The number of methoxy groups -OCH3 is 1. The second kappa shape index (κ2) is 7.45. The number of fused-ring (bicyclic) bond motifs is 1. The zero-order valence-electron chi connectivity index (χ0n) is 14.9. The molecule has 1 fully saturated rings. The minimum Gasteiger partial charge on any atom is -0.496 e. The molecule has 0 saturated carbocycles.